The summed E-state index contributed by atoms with van der Waals surface area (Å²) in [6.45, 7) is 1.84. The van der Waals surface area contributed by atoms with Gasteiger partial charge in [0.2, 0.25) is 11.8 Å². The van der Waals surface area contributed by atoms with Crippen LogP contribution in [-0.4, -0.2) is 26.3 Å². The average Bonchev–Trinajstić information content (AvgIpc) is 3.35. The molecule has 0 radical (unpaired) electrons. The zero-order chi connectivity index (χ0) is 20.5. The molecule has 1 N–H and O–H groups in total. The van der Waals surface area contributed by atoms with Gasteiger partial charge in [-0.3, -0.25) is 4.79 Å². The van der Waals surface area contributed by atoms with Crippen LogP contribution < -0.4 is 5.32 Å². The number of carbonyl (C=O) groups is 1. The number of fused-ring (bicyclic) bond motifs is 1. The van der Waals surface area contributed by atoms with E-state index in [-0.39, 0.29) is 11.2 Å². The molecule has 1 fully saturated rings. The maximum Gasteiger partial charge on any atom is 0.277 e. The van der Waals surface area contributed by atoms with E-state index in [4.69, 9.17) is 4.42 Å². The first-order valence-electron chi connectivity index (χ1n) is 9.88. The number of nitrogens with zero attached hydrogens (tertiary/aromatic N) is 3. The molecule has 4 aromatic rings. The van der Waals surface area contributed by atoms with E-state index in [9.17, 15) is 4.79 Å². The maximum atomic E-state index is 12.5. The minimum Gasteiger partial charge on any atom is -0.416 e. The minimum atomic E-state index is -0.333. The molecule has 5 rings (SSSR count). The van der Waals surface area contributed by atoms with E-state index in [0.717, 1.165) is 41.0 Å². The first-order chi connectivity index (χ1) is 14.6. The van der Waals surface area contributed by atoms with Crippen molar-refractivity contribution in [2.45, 2.75) is 42.6 Å². The Labute approximate surface area is 182 Å². The Morgan fingerprint density at radius 3 is 2.77 bits per heavy atom. The smallest absolute Gasteiger partial charge is 0.277 e. The second-order valence-electron chi connectivity index (χ2n) is 7.38. The van der Waals surface area contributed by atoms with E-state index < -0.39 is 0 Å². The second kappa shape index (κ2) is 8.20. The molecule has 1 aliphatic rings. The van der Waals surface area contributed by atoms with Crippen LogP contribution in [0, 0.1) is 0 Å². The van der Waals surface area contributed by atoms with Crippen molar-refractivity contribution in [2.24, 2.45) is 0 Å². The van der Waals surface area contributed by atoms with Crippen LogP contribution in [0.15, 0.2) is 58.2 Å². The summed E-state index contributed by atoms with van der Waals surface area (Å²) in [6, 6.07) is 16.1. The monoisotopic (exact) mass is 436 g/mol. The van der Waals surface area contributed by atoms with E-state index in [1.165, 1.54) is 16.5 Å². The van der Waals surface area contributed by atoms with Crippen LogP contribution in [0.5, 0.6) is 0 Å². The highest BCUT2D eigenvalue weighted by Gasteiger charge is 2.30. The highest BCUT2D eigenvalue weighted by molar-refractivity contribution is 8.00. The number of benzene rings is 2. The van der Waals surface area contributed by atoms with E-state index in [2.05, 4.69) is 26.6 Å². The zero-order valence-corrected chi connectivity index (χ0v) is 18.0. The van der Waals surface area contributed by atoms with Crippen LogP contribution in [0.25, 0.3) is 10.2 Å². The molecular formula is C22H20N4O2S2. The molecule has 6 nitrogen and oxygen atoms in total. The predicted molar refractivity (Wildman–Crippen MR) is 119 cm³/mol. The Kier molecular flexibility index (Phi) is 5.26. The Bertz CT molecular complexity index is 1150. The number of nitrogens with one attached hydrogen (secondary N) is 1. The number of carbonyl (C=O) groups excluding carboxylic acids is 1. The van der Waals surface area contributed by atoms with Crippen molar-refractivity contribution < 1.29 is 9.21 Å². The minimum absolute atomic E-state index is 0.0925. The first kappa shape index (κ1) is 19.3. The molecule has 1 saturated carbocycles. The summed E-state index contributed by atoms with van der Waals surface area (Å²) in [5.74, 6) is 1.01. The van der Waals surface area contributed by atoms with Gasteiger partial charge in [0.05, 0.1) is 20.5 Å². The van der Waals surface area contributed by atoms with Gasteiger partial charge >= 0.3 is 0 Å². The van der Waals surface area contributed by atoms with Gasteiger partial charge in [-0.2, -0.15) is 0 Å². The number of thiazole rings is 1. The van der Waals surface area contributed by atoms with Gasteiger partial charge in [-0.15, -0.1) is 21.5 Å². The van der Waals surface area contributed by atoms with Crippen molar-refractivity contribution in [1.82, 2.24) is 15.2 Å². The van der Waals surface area contributed by atoms with Crippen molar-refractivity contribution in [1.29, 1.82) is 0 Å². The van der Waals surface area contributed by atoms with Crippen LogP contribution in [0.3, 0.4) is 0 Å². The number of anilines is 1. The number of thioether (sulfide) groups is 1. The number of amides is 1. The number of hydrogen-bond donors (Lipinski definition) is 1. The van der Waals surface area contributed by atoms with Crippen LogP contribution in [-0.2, 0) is 11.2 Å². The number of para-hydroxylation sites is 1. The molecule has 2 heterocycles. The van der Waals surface area contributed by atoms with Gasteiger partial charge in [0.25, 0.3) is 5.22 Å². The zero-order valence-electron chi connectivity index (χ0n) is 16.4. The lowest BCUT2D eigenvalue weighted by Gasteiger charge is -2.10. The highest BCUT2D eigenvalue weighted by Crippen LogP contribution is 2.40. The standard InChI is InChI=1S/C22H20N4O2S2/c1-13(29-22-26-25-21(28-22)15-8-9-15)20(27)23-16-10-6-14(7-11-16)12-19-24-17-4-2-3-5-18(17)30-19/h2-7,10-11,13,15H,8-9,12H2,1H3,(H,23,27)/t13-/m1/s1. The molecule has 1 amide bonds. The third-order valence-corrected chi connectivity index (χ3v) is 6.88. The number of rotatable bonds is 7. The fraction of sp³-hybridized carbons (Fsp3) is 0.273. The van der Waals surface area contributed by atoms with E-state index >= 15 is 0 Å². The lowest BCUT2D eigenvalue weighted by molar-refractivity contribution is -0.115. The third-order valence-electron chi connectivity index (χ3n) is 4.91. The largest absolute Gasteiger partial charge is 0.416 e. The number of aromatic nitrogens is 3. The predicted octanol–water partition coefficient (Wildman–Crippen LogP) is 5.27. The van der Waals surface area contributed by atoms with Gasteiger partial charge in [0.1, 0.15) is 0 Å². The molecule has 8 heteroatoms. The lowest BCUT2D eigenvalue weighted by Crippen LogP contribution is -2.22. The highest BCUT2D eigenvalue weighted by atomic mass is 32.2. The molecule has 1 aliphatic carbocycles. The van der Waals surface area contributed by atoms with E-state index in [1.807, 2.05) is 49.4 Å². The fourth-order valence-corrected chi connectivity index (χ4v) is 4.78. The van der Waals surface area contributed by atoms with Gasteiger partial charge in [-0.05, 0) is 49.6 Å². The summed E-state index contributed by atoms with van der Waals surface area (Å²) in [5.41, 5.74) is 2.97. The molecule has 0 aliphatic heterocycles. The maximum absolute atomic E-state index is 12.5. The van der Waals surface area contributed by atoms with E-state index in [1.54, 1.807) is 11.3 Å². The molecular weight excluding hydrogens is 416 g/mol. The third kappa shape index (κ3) is 4.39. The Morgan fingerprint density at radius 2 is 2.00 bits per heavy atom. The van der Waals surface area contributed by atoms with Crippen molar-refractivity contribution in [3.8, 4) is 0 Å². The summed E-state index contributed by atoms with van der Waals surface area (Å²) in [5, 5.41) is 12.3. The molecule has 0 saturated heterocycles. The van der Waals surface area contributed by atoms with Crippen molar-refractivity contribution >= 4 is 44.9 Å². The first-order valence-corrected chi connectivity index (χ1v) is 11.6. The summed E-state index contributed by atoms with van der Waals surface area (Å²) >= 11 is 3.00. The van der Waals surface area contributed by atoms with E-state index in [0.29, 0.717) is 17.0 Å². The van der Waals surface area contributed by atoms with Gasteiger partial charge in [0, 0.05) is 18.0 Å². The molecule has 0 unspecified atom stereocenters. The molecule has 152 valence electrons. The molecule has 0 bridgehead atoms. The van der Waals surface area contributed by atoms with Gasteiger partial charge < -0.3 is 9.73 Å². The molecule has 2 aromatic carbocycles. The molecule has 2 aromatic heterocycles. The Hall–Kier alpha value is -2.71. The van der Waals surface area contributed by atoms with Crippen LogP contribution in [0.1, 0.15) is 42.1 Å². The van der Waals surface area contributed by atoms with Crippen LogP contribution in [0.2, 0.25) is 0 Å². The van der Waals surface area contributed by atoms with Crippen molar-refractivity contribution in [3.63, 3.8) is 0 Å². The van der Waals surface area contributed by atoms with Gasteiger partial charge in [-0.25, -0.2) is 4.98 Å². The number of hydrogen-bond acceptors (Lipinski definition) is 7. The Balaban J connectivity index is 1.17. The topological polar surface area (TPSA) is 80.9 Å². The Morgan fingerprint density at radius 1 is 1.20 bits per heavy atom. The quantitative estimate of drug-likeness (QED) is 0.398. The van der Waals surface area contributed by atoms with Crippen LogP contribution in [0.4, 0.5) is 5.69 Å². The molecule has 30 heavy (non-hydrogen) atoms. The molecule has 0 spiro atoms. The van der Waals surface area contributed by atoms with Gasteiger partial charge in [0.15, 0.2) is 0 Å². The summed E-state index contributed by atoms with van der Waals surface area (Å²) < 4.78 is 6.83. The van der Waals surface area contributed by atoms with Crippen molar-refractivity contribution in [3.05, 3.63) is 65.0 Å². The van der Waals surface area contributed by atoms with Crippen molar-refractivity contribution in [2.75, 3.05) is 5.32 Å². The normalized spacial score (nSPS) is 14.7. The SMILES string of the molecule is C[C@@H](Sc1nnc(C2CC2)o1)C(=O)Nc1ccc(Cc2nc3ccccc3s2)cc1. The fourth-order valence-electron chi connectivity index (χ4n) is 3.09. The molecule has 1 atom stereocenters. The lowest BCUT2D eigenvalue weighted by atomic mass is 10.1. The van der Waals surface area contributed by atoms with Crippen LogP contribution >= 0.6 is 23.1 Å². The summed E-state index contributed by atoms with van der Waals surface area (Å²) in [7, 11) is 0. The summed E-state index contributed by atoms with van der Waals surface area (Å²) in [6.07, 6.45) is 2.99. The summed E-state index contributed by atoms with van der Waals surface area (Å²) in [4.78, 5) is 17.2. The average molecular weight is 437 g/mol. The second-order valence-corrected chi connectivity index (χ2v) is 9.79. The van der Waals surface area contributed by atoms with Gasteiger partial charge in [-0.1, -0.05) is 36.0 Å².